The maximum absolute atomic E-state index is 6.08. The largest absolute Gasteiger partial charge is 0.381 e. The number of halogens is 1. The molecule has 0 radical (unpaired) electrons. The molecule has 0 unspecified atom stereocenters. The summed E-state index contributed by atoms with van der Waals surface area (Å²) in [5.41, 5.74) is 1.09. The second-order valence-corrected chi connectivity index (χ2v) is 5.67. The molecule has 4 nitrogen and oxygen atoms in total. The summed E-state index contributed by atoms with van der Waals surface area (Å²) in [7, 11) is 2.11. The van der Waals surface area contributed by atoms with Crippen molar-refractivity contribution in [3.8, 4) is 0 Å². The van der Waals surface area contributed by atoms with Gasteiger partial charge in [-0.05, 0) is 12.8 Å². The Morgan fingerprint density at radius 2 is 2.33 bits per heavy atom. The number of fused-ring (bicyclic) bond motifs is 1. The maximum atomic E-state index is 6.08. The van der Waals surface area contributed by atoms with Gasteiger partial charge < -0.3 is 9.64 Å². The number of anilines is 1. The van der Waals surface area contributed by atoms with Gasteiger partial charge >= 0.3 is 0 Å². The molecule has 2 aromatic heterocycles. The van der Waals surface area contributed by atoms with Gasteiger partial charge in [-0.1, -0.05) is 0 Å². The number of nitrogens with zero attached hydrogens (tertiary/aromatic N) is 3. The van der Waals surface area contributed by atoms with Gasteiger partial charge in [-0.2, -0.15) is 0 Å². The zero-order chi connectivity index (χ0) is 12.5. The van der Waals surface area contributed by atoms with E-state index >= 15 is 0 Å². The standard InChI is InChI=1S/C12H16ClN3OS/c1-15(9-2-5-17-6-3-9)11-10(8-13)16-4-7-18-12(16)14-11/h4,7,9H,2-3,5-6,8H2,1H3. The van der Waals surface area contributed by atoms with Crippen molar-refractivity contribution in [1.82, 2.24) is 9.38 Å². The van der Waals surface area contributed by atoms with Crippen molar-refractivity contribution in [2.75, 3.05) is 25.2 Å². The molecule has 98 valence electrons. The third-order valence-electron chi connectivity index (χ3n) is 3.54. The average molecular weight is 286 g/mol. The first kappa shape index (κ1) is 12.3. The van der Waals surface area contributed by atoms with Crippen LogP contribution in [0, 0.1) is 0 Å². The fourth-order valence-electron chi connectivity index (χ4n) is 2.47. The lowest BCUT2D eigenvalue weighted by atomic mass is 10.1. The topological polar surface area (TPSA) is 29.8 Å². The van der Waals surface area contributed by atoms with Crippen molar-refractivity contribution in [3.63, 3.8) is 0 Å². The van der Waals surface area contributed by atoms with Gasteiger partial charge in [0.15, 0.2) is 10.8 Å². The van der Waals surface area contributed by atoms with Gasteiger partial charge in [0, 0.05) is 37.9 Å². The van der Waals surface area contributed by atoms with Crippen LogP contribution in [-0.2, 0) is 10.6 Å². The Bertz CT molecular complexity index is 532. The monoisotopic (exact) mass is 285 g/mol. The zero-order valence-electron chi connectivity index (χ0n) is 10.3. The van der Waals surface area contributed by atoms with E-state index in [1.165, 1.54) is 0 Å². The third kappa shape index (κ3) is 2.00. The Morgan fingerprint density at radius 3 is 3.06 bits per heavy atom. The second kappa shape index (κ2) is 5.07. The second-order valence-electron chi connectivity index (χ2n) is 4.53. The van der Waals surface area contributed by atoms with Crippen LogP contribution < -0.4 is 4.90 Å². The van der Waals surface area contributed by atoms with Gasteiger partial charge in [0.2, 0.25) is 0 Å². The van der Waals surface area contributed by atoms with E-state index in [-0.39, 0.29) is 0 Å². The summed E-state index contributed by atoms with van der Waals surface area (Å²) in [6, 6.07) is 0.505. The highest BCUT2D eigenvalue weighted by Crippen LogP contribution is 2.28. The summed E-state index contributed by atoms with van der Waals surface area (Å²) in [5, 5.41) is 2.04. The van der Waals surface area contributed by atoms with E-state index in [0.717, 1.165) is 42.5 Å². The van der Waals surface area contributed by atoms with Crippen LogP contribution in [0.3, 0.4) is 0 Å². The van der Waals surface area contributed by atoms with E-state index < -0.39 is 0 Å². The molecule has 0 aliphatic carbocycles. The summed E-state index contributed by atoms with van der Waals surface area (Å²) < 4.78 is 7.50. The first-order valence-corrected chi connectivity index (χ1v) is 7.53. The first-order valence-electron chi connectivity index (χ1n) is 6.12. The molecule has 0 aromatic carbocycles. The van der Waals surface area contributed by atoms with E-state index in [0.29, 0.717) is 11.9 Å². The lowest BCUT2D eigenvalue weighted by Crippen LogP contribution is -2.37. The molecule has 0 atom stereocenters. The van der Waals surface area contributed by atoms with Crippen LogP contribution in [0.15, 0.2) is 11.6 Å². The Hall–Kier alpha value is -0.780. The van der Waals surface area contributed by atoms with Gasteiger partial charge in [-0.3, -0.25) is 4.40 Å². The molecule has 0 N–H and O–H groups in total. The van der Waals surface area contributed by atoms with Crippen molar-refractivity contribution < 1.29 is 4.74 Å². The quantitative estimate of drug-likeness (QED) is 0.812. The predicted molar refractivity (Wildman–Crippen MR) is 74.9 cm³/mol. The molecule has 0 bridgehead atoms. The Labute approximate surface area is 115 Å². The molecule has 1 aliphatic heterocycles. The van der Waals surface area contributed by atoms with Crippen molar-refractivity contribution in [3.05, 3.63) is 17.3 Å². The predicted octanol–water partition coefficient (Wildman–Crippen LogP) is 2.75. The molecule has 3 heterocycles. The number of thiazole rings is 1. The fraction of sp³-hybridized carbons (Fsp3) is 0.583. The minimum Gasteiger partial charge on any atom is -0.381 e. The van der Waals surface area contributed by atoms with Crippen molar-refractivity contribution in [1.29, 1.82) is 0 Å². The molecule has 1 saturated heterocycles. The van der Waals surface area contributed by atoms with Crippen LogP contribution in [0.2, 0.25) is 0 Å². The number of aromatic nitrogens is 2. The van der Waals surface area contributed by atoms with Crippen LogP contribution >= 0.6 is 22.9 Å². The Balaban J connectivity index is 1.94. The summed E-state index contributed by atoms with van der Waals surface area (Å²) in [4.78, 5) is 7.98. The van der Waals surface area contributed by atoms with Crippen LogP contribution in [0.25, 0.3) is 4.96 Å². The number of imidazole rings is 1. The summed E-state index contributed by atoms with van der Waals surface area (Å²) in [6.45, 7) is 1.68. The van der Waals surface area contributed by atoms with Crippen LogP contribution in [-0.4, -0.2) is 35.7 Å². The number of alkyl halides is 1. The summed E-state index contributed by atoms with van der Waals surface area (Å²) in [5.74, 6) is 1.50. The van der Waals surface area contributed by atoms with Crippen molar-refractivity contribution in [2.45, 2.75) is 24.8 Å². The number of hydrogen-bond acceptors (Lipinski definition) is 4. The molecular weight excluding hydrogens is 270 g/mol. The highest BCUT2D eigenvalue weighted by Gasteiger charge is 2.23. The third-order valence-corrected chi connectivity index (χ3v) is 4.55. The van der Waals surface area contributed by atoms with E-state index in [4.69, 9.17) is 21.3 Å². The van der Waals surface area contributed by atoms with Crippen LogP contribution in [0.4, 0.5) is 5.82 Å². The smallest absolute Gasteiger partial charge is 0.195 e. The molecule has 18 heavy (non-hydrogen) atoms. The lowest BCUT2D eigenvalue weighted by Gasteiger charge is -2.31. The Kier molecular flexibility index (Phi) is 3.46. The number of ether oxygens (including phenoxy) is 1. The molecule has 0 amide bonds. The molecule has 6 heteroatoms. The molecule has 1 fully saturated rings. The molecule has 0 saturated carbocycles. The van der Waals surface area contributed by atoms with Gasteiger partial charge in [-0.25, -0.2) is 4.98 Å². The minimum atomic E-state index is 0.487. The lowest BCUT2D eigenvalue weighted by molar-refractivity contribution is 0.0853. The summed E-state index contributed by atoms with van der Waals surface area (Å²) >= 11 is 7.73. The average Bonchev–Trinajstić information content (AvgIpc) is 2.98. The highest BCUT2D eigenvalue weighted by molar-refractivity contribution is 7.15. The van der Waals surface area contributed by atoms with Gasteiger partial charge in [0.05, 0.1) is 11.6 Å². The first-order chi connectivity index (χ1) is 8.81. The van der Waals surface area contributed by atoms with E-state index in [2.05, 4.69) is 16.3 Å². The van der Waals surface area contributed by atoms with E-state index in [9.17, 15) is 0 Å². The van der Waals surface area contributed by atoms with Crippen molar-refractivity contribution in [2.24, 2.45) is 0 Å². The van der Waals surface area contributed by atoms with Crippen LogP contribution in [0.1, 0.15) is 18.5 Å². The molecule has 1 aliphatic rings. The van der Waals surface area contributed by atoms with Crippen molar-refractivity contribution >= 4 is 33.7 Å². The molecule has 3 rings (SSSR count). The minimum absolute atomic E-state index is 0.487. The highest BCUT2D eigenvalue weighted by atomic mass is 35.5. The van der Waals surface area contributed by atoms with Gasteiger partial charge in [0.1, 0.15) is 0 Å². The van der Waals surface area contributed by atoms with Gasteiger partial charge in [0.25, 0.3) is 0 Å². The maximum Gasteiger partial charge on any atom is 0.195 e. The van der Waals surface area contributed by atoms with E-state index in [1.807, 2.05) is 11.6 Å². The van der Waals surface area contributed by atoms with E-state index in [1.54, 1.807) is 11.3 Å². The van der Waals surface area contributed by atoms with Crippen LogP contribution in [0.5, 0.6) is 0 Å². The molecule has 2 aromatic rings. The molecule has 0 spiro atoms. The number of rotatable bonds is 3. The Morgan fingerprint density at radius 1 is 1.56 bits per heavy atom. The SMILES string of the molecule is CN(c1nc2sccn2c1CCl)C1CCOCC1. The zero-order valence-corrected chi connectivity index (χ0v) is 11.9. The fourth-order valence-corrected chi connectivity index (χ4v) is 3.45. The normalized spacial score (nSPS) is 17.4. The molecular formula is C12H16ClN3OS. The van der Waals surface area contributed by atoms with Gasteiger partial charge in [-0.15, -0.1) is 22.9 Å². The summed E-state index contributed by atoms with van der Waals surface area (Å²) in [6.07, 6.45) is 4.15. The number of hydrogen-bond donors (Lipinski definition) is 0.